The van der Waals surface area contributed by atoms with Gasteiger partial charge < -0.3 is 5.32 Å². The highest BCUT2D eigenvalue weighted by Crippen LogP contribution is 2.20. The van der Waals surface area contributed by atoms with Crippen LogP contribution in [0, 0.1) is 0 Å². The number of thioether (sulfide) groups is 1. The van der Waals surface area contributed by atoms with E-state index >= 15 is 0 Å². The maximum Gasteiger partial charge on any atom is 0.0278 e. The lowest BCUT2D eigenvalue weighted by Crippen LogP contribution is -2.62. The summed E-state index contributed by atoms with van der Waals surface area (Å²) in [5.74, 6) is 1.31. The van der Waals surface area contributed by atoms with Crippen LogP contribution in [0.2, 0.25) is 0 Å². The van der Waals surface area contributed by atoms with Gasteiger partial charge in [-0.2, -0.15) is 11.8 Å². The number of nitrogens with one attached hydrogen (secondary N) is 1. The Morgan fingerprint density at radius 3 is 2.71 bits per heavy atom. The Hall–Kier alpha value is 0.270. The lowest BCUT2D eigenvalue weighted by Gasteiger charge is -2.46. The molecule has 1 heterocycles. The average molecular weight is 258 g/mol. The molecule has 102 valence electrons. The summed E-state index contributed by atoms with van der Waals surface area (Å²) in [5, 5.41) is 3.73. The van der Waals surface area contributed by atoms with E-state index in [-0.39, 0.29) is 0 Å². The SMILES string of the molecule is CCC1CNC(C)(CC)CN1CCCCSC. The maximum absolute atomic E-state index is 3.73. The van der Waals surface area contributed by atoms with Crippen molar-refractivity contribution in [2.75, 3.05) is 31.6 Å². The largest absolute Gasteiger partial charge is 0.309 e. The average Bonchev–Trinajstić information content (AvgIpc) is 2.35. The van der Waals surface area contributed by atoms with Crippen molar-refractivity contribution in [1.82, 2.24) is 10.2 Å². The van der Waals surface area contributed by atoms with Crippen molar-refractivity contribution in [2.45, 2.75) is 58.0 Å². The second-order valence-corrected chi connectivity index (χ2v) is 6.51. The molecule has 0 aliphatic carbocycles. The first kappa shape index (κ1) is 15.3. The smallest absolute Gasteiger partial charge is 0.0278 e. The highest BCUT2D eigenvalue weighted by molar-refractivity contribution is 7.98. The third kappa shape index (κ3) is 4.80. The second kappa shape index (κ2) is 7.65. The molecule has 17 heavy (non-hydrogen) atoms. The second-order valence-electron chi connectivity index (χ2n) is 5.53. The number of rotatable bonds is 7. The van der Waals surface area contributed by atoms with E-state index in [1.165, 1.54) is 51.1 Å². The first-order chi connectivity index (χ1) is 8.15. The molecule has 1 aliphatic heterocycles. The van der Waals surface area contributed by atoms with E-state index in [0.29, 0.717) is 5.54 Å². The molecule has 1 saturated heterocycles. The van der Waals surface area contributed by atoms with E-state index in [4.69, 9.17) is 0 Å². The van der Waals surface area contributed by atoms with Crippen molar-refractivity contribution in [1.29, 1.82) is 0 Å². The van der Waals surface area contributed by atoms with Crippen molar-refractivity contribution in [3.63, 3.8) is 0 Å². The molecule has 2 atom stereocenters. The minimum Gasteiger partial charge on any atom is -0.309 e. The van der Waals surface area contributed by atoms with Gasteiger partial charge in [0, 0.05) is 24.7 Å². The number of hydrogen-bond acceptors (Lipinski definition) is 3. The maximum atomic E-state index is 3.73. The van der Waals surface area contributed by atoms with Crippen LogP contribution in [0.5, 0.6) is 0 Å². The molecule has 0 aromatic rings. The molecular weight excluding hydrogens is 228 g/mol. The van der Waals surface area contributed by atoms with Crippen molar-refractivity contribution in [3.8, 4) is 0 Å². The van der Waals surface area contributed by atoms with Gasteiger partial charge in [-0.25, -0.2) is 0 Å². The molecule has 3 heteroatoms. The predicted octanol–water partition coefficient (Wildman–Crippen LogP) is 2.98. The molecule has 1 N–H and O–H groups in total. The predicted molar refractivity (Wildman–Crippen MR) is 80.0 cm³/mol. The number of nitrogens with zero attached hydrogens (tertiary/aromatic N) is 1. The lowest BCUT2D eigenvalue weighted by molar-refractivity contribution is 0.0809. The Kier molecular flexibility index (Phi) is 6.90. The lowest BCUT2D eigenvalue weighted by atomic mass is 9.92. The Balaban J connectivity index is 2.40. The van der Waals surface area contributed by atoms with E-state index < -0.39 is 0 Å². The van der Waals surface area contributed by atoms with Crippen LogP contribution in [0.3, 0.4) is 0 Å². The summed E-state index contributed by atoms with van der Waals surface area (Å²) in [7, 11) is 0. The summed E-state index contributed by atoms with van der Waals surface area (Å²) in [6, 6.07) is 0.754. The molecule has 0 bridgehead atoms. The Labute approximate surface area is 112 Å². The van der Waals surface area contributed by atoms with Gasteiger partial charge in [-0.3, -0.25) is 4.90 Å². The standard InChI is InChI=1S/C14H30N2S/c1-5-13-11-15-14(3,6-2)12-16(13)9-7-8-10-17-4/h13,15H,5-12H2,1-4H3. The summed E-state index contributed by atoms with van der Waals surface area (Å²) >= 11 is 1.97. The van der Waals surface area contributed by atoms with Crippen molar-refractivity contribution in [3.05, 3.63) is 0 Å². The summed E-state index contributed by atoms with van der Waals surface area (Å²) in [5.41, 5.74) is 0.338. The van der Waals surface area contributed by atoms with Gasteiger partial charge in [-0.1, -0.05) is 13.8 Å². The van der Waals surface area contributed by atoms with Crippen LogP contribution in [0.4, 0.5) is 0 Å². The molecule has 1 rings (SSSR count). The van der Waals surface area contributed by atoms with E-state index in [0.717, 1.165) is 6.04 Å². The Morgan fingerprint density at radius 2 is 2.12 bits per heavy atom. The van der Waals surface area contributed by atoms with Gasteiger partial charge in [-0.15, -0.1) is 0 Å². The van der Waals surface area contributed by atoms with Crippen LogP contribution in [0.25, 0.3) is 0 Å². The summed E-state index contributed by atoms with van der Waals surface area (Å²) < 4.78 is 0. The molecular formula is C14H30N2S. The van der Waals surface area contributed by atoms with Gasteiger partial charge in [0.1, 0.15) is 0 Å². The van der Waals surface area contributed by atoms with Gasteiger partial charge in [0.2, 0.25) is 0 Å². The van der Waals surface area contributed by atoms with E-state index in [2.05, 4.69) is 37.2 Å². The van der Waals surface area contributed by atoms with Crippen LogP contribution in [0.15, 0.2) is 0 Å². The third-order valence-electron chi connectivity index (χ3n) is 4.13. The molecule has 0 aromatic heterocycles. The van der Waals surface area contributed by atoms with Crippen LogP contribution in [-0.4, -0.2) is 48.1 Å². The zero-order chi connectivity index (χ0) is 12.7. The molecule has 0 aromatic carbocycles. The number of unbranched alkanes of at least 4 members (excludes halogenated alkanes) is 1. The summed E-state index contributed by atoms with van der Waals surface area (Å²) in [4.78, 5) is 2.72. The van der Waals surface area contributed by atoms with Crippen LogP contribution >= 0.6 is 11.8 Å². The van der Waals surface area contributed by atoms with Crippen molar-refractivity contribution < 1.29 is 0 Å². The first-order valence-electron chi connectivity index (χ1n) is 7.13. The van der Waals surface area contributed by atoms with Crippen LogP contribution in [-0.2, 0) is 0 Å². The van der Waals surface area contributed by atoms with E-state index in [1.54, 1.807) is 0 Å². The number of hydrogen-bond donors (Lipinski definition) is 1. The monoisotopic (exact) mass is 258 g/mol. The Bertz CT molecular complexity index is 210. The summed E-state index contributed by atoms with van der Waals surface area (Å²) in [6.07, 6.45) is 7.43. The van der Waals surface area contributed by atoms with Crippen molar-refractivity contribution in [2.24, 2.45) is 0 Å². The van der Waals surface area contributed by atoms with Gasteiger partial charge in [-0.05, 0) is 51.2 Å². The van der Waals surface area contributed by atoms with Gasteiger partial charge in [0.05, 0.1) is 0 Å². The molecule has 2 unspecified atom stereocenters. The fourth-order valence-corrected chi connectivity index (χ4v) is 3.08. The van der Waals surface area contributed by atoms with E-state index in [9.17, 15) is 0 Å². The highest BCUT2D eigenvalue weighted by atomic mass is 32.2. The van der Waals surface area contributed by atoms with Gasteiger partial charge in [0.25, 0.3) is 0 Å². The summed E-state index contributed by atoms with van der Waals surface area (Å²) in [6.45, 7) is 10.7. The molecule has 0 amide bonds. The topological polar surface area (TPSA) is 15.3 Å². The van der Waals surface area contributed by atoms with Crippen LogP contribution in [0.1, 0.15) is 46.5 Å². The Morgan fingerprint density at radius 1 is 1.35 bits per heavy atom. The molecule has 0 spiro atoms. The molecule has 1 aliphatic rings. The van der Waals surface area contributed by atoms with Gasteiger partial charge in [0.15, 0.2) is 0 Å². The zero-order valence-electron chi connectivity index (χ0n) is 12.1. The molecule has 0 saturated carbocycles. The fraction of sp³-hybridized carbons (Fsp3) is 1.00. The first-order valence-corrected chi connectivity index (χ1v) is 8.52. The highest BCUT2D eigenvalue weighted by Gasteiger charge is 2.33. The molecule has 0 radical (unpaired) electrons. The van der Waals surface area contributed by atoms with Gasteiger partial charge >= 0.3 is 0 Å². The third-order valence-corrected chi connectivity index (χ3v) is 4.83. The number of piperazine rings is 1. The fourth-order valence-electron chi connectivity index (χ4n) is 2.59. The quantitative estimate of drug-likeness (QED) is 0.707. The minimum atomic E-state index is 0.338. The normalized spacial score (nSPS) is 30.7. The van der Waals surface area contributed by atoms with Crippen LogP contribution < -0.4 is 5.32 Å². The zero-order valence-corrected chi connectivity index (χ0v) is 12.9. The minimum absolute atomic E-state index is 0.338. The molecule has 2 nitrogen and oxygen atoms in total. The molecule has 1 fully saturated rings. The van der Waals surface area contributed by atoms with E-state index in [1.807, 2.05) is 11.8 Å². The van der Waals surface area contributed by atoms with Crippen molar-refractivity contribution >= 4 is 11.8 Å².